The molecule has 5 rings (SSSR count). The van der Waals surface area contributed by atoms with E-state index in [1.807, 2.05) is 59.9 Å². The monoisotopic (exact) mass is 558 g/mol. The van der Waals surface area contributed by atoms with Crippen molar-refractivity contribution < 1.29 is 28.8 Å². The molecule has 3 atom stereocenters. The molecule has 0 bridgehead atoms. The van der Waals surface area contributed by atoms with Gasteiger partial charge in [-0.3, -0.25) is 4.79 Å². The molecule has 0 amide bonds. The van der Waals surface area contributed by atoms with Crippen LogP contribution >= 0.6 is 34.9 Å². The molecule has 9 heteroatoms. The summed E-state index contributed by atoms with van der Waals surface area (Å²) in [6.07, 6.45) is 0.0294. The van der Waals surface area contributed by atoms with E-state index in [2.05, 4.69) is 11.4 Å². The Morgan fingerprint density at radius 3 is 2.38 bits per heavy atom. The minimum Gasteiger partial charge on any atom is -0.493 e. The Bertz CT molecular complexity index is 1170. The number of ether oxygens (including phenoxy) is 4. The zero-order chi connectivity index (χ0) is 25.8. The van der Waals surface area contributed by atoms with Crippen molar-refractivity contribution in [3.05, 3.63) is 76.0 Å². The number of thiophene rings is 1. The zero-order valence-corrected chi connectivity index (χ0v) is 23.2. The van der Waals surface area contributed by atoms with Crippen LogP contribution in [0.5, 0.6) is 17.2 Å². The van der Waals surface area contributed by atoms with Crippen molar-refractivity contribution in [1.82, 2.24) is 0 Å². The summed E-state index contributed by atoms with van der Waals surface area (Å²) in [5, 5.41) is 13.7. The maximum atomic E-state index is 13.1. The van der Waals surface area contributed by atoms with E-state index in [0.29, 0.717) is 29.4 Å². The number of thioether (sulfide) groups is 2. The van der Waals surface area contributed by atoms with E-state index in [1.54, 1.807) is 37.7 Å². The Morgan fingerprint density at radius 2 is 1.76 bits per heavy atom. The number of carbonyl (C=O) groups is 1. The van der Waals surface area contributed by atoms with Crippen LogP contribution < -0.4 is 14.2 Å². The number of rotatable bonds is 9. The Hall–Kier alpha value is -2.33. The molecule has 2 aromatic carbocycles. The molecule has 2 saturated heterocycles. The van der Waals surface area contributed by atoms with E-state index in [0.717, 1.165) is 23.5 Å². The lowest BCUT2D eigenvalue weighted by molar-refractivity contribution is -0.144. The number of hydrogen-bond donors (Lipinski definition) is 1. The molecule has 0 saturated carbocycles. The molecule has 2 aliphatic rings. The Labute approximate surface area is 229 Å². The molecule has 0 spiro atoms. The van der Waals surface area contributed by atoms with Gasteiger partial charge in [0.15, 0.2) is 11.5 Å². The molecule has 0 aliphatic carbocycles. The topological polar surface area (TPSA) is 74.2 Å². The molecule has 2 aliphatic heterocycles. The average molecular weight is 559 g/mol. The number of aliphatic hydroxyl groups excluding tert-OH is 1. The van der Waals surface area contributed by atoms with Crippen molar-refractivity contribution in [2.45, 2.75) is 23.2 Å². The second-order valence-corrected chi connectivity index (χ2v) is 12.8. The largest absolute Gasteiger partial charge is 0.493 e. The van der Waals surface area contributed by atoms with E-state index in [4.69, 9.17) is 18.9 Å². The van der Waals surface area contributed by atoms with Crippen molar-refractivity contribution in [2.24, 2.45) is 11.8 Å². The molecule has 0 radical (unpaired) electrons. The summed E-state index contributed by atoms with van der Waals surface area (Å²) in [5.74, 6) is 2.05. The number of hydrogen-bond acceptors (Lipinski definition) is 9. The minimum absolute atomic E-state index is 0.185. The van der Waals surface area contributed by atoms with E-state index in [1.165, 1.54) is 4.88 Å². The standard InChI is InChI=1S/C28H30O6S3/c1-31-21-14-19(15-22(32-2)26(21)33-16-18-8-4-3-5-9-18)25(29)24-20(17-34-27(24)30)28(23-10-6-11-35-23)36-12-7-13-37-28/h3-6,8-11,14-15,20,24-25,29H,7,12-13,16-17H2,1-2H3/t20-,24-,25+/m1/s1. The van der Waals surface area contributed by atoms with Crippen LogP contribution in [0.4, 0.5) is 0 Å². The van der Waals surface area contributed by atoms with Gasteiger partial charge in [-0.05, 0) is 52.6 Å². The zero-order valence-electron chi connectivity index (χ0n) is 20.8. The lowest BCUT2D eigenvalue weighted by Crippen LogP contribution is -2.38. The highest BCUT2D eigenvalue weighted by Crippen LogP contribution is 2.61. The van der Waals surface area contributed by atoms with Crippen LogP contribution in [0.15, 0.2) is 60.0 Å². The van der Waals surface area contributed by atoms with Gasteiger partial charge in [-0.15, -0.1) is 34.9 Å². The molecule has 37 heavy (non-hydrogen) atoms. The van der Waals surface area contributed by atoms with Crippen LogP contribution in [0.1, 0.15) is 28.5 Å². The van der Waals surface area contributed by atoms with Gasteiger partial charge in [-0.25, -0.2) is 0 Å². The maximum absolute atomic E-state index is 13.1. The smallest absolute Gasteiger partial charge is 0.312 e. The van der Waals surface area contributed by atoms with E-state index < -0.39 is 12.0 Å². The fraction of sp³-hybridized carbons (Fsp3) is 0.393. The normalized spacial score (nSPS) is 21.8. The quantitative estimate of drug-likeness (QED) is 0.326. The molecule has 196 valence electrons. The molecule has 2 fully saturated rings. The van der Waals surface area contributed by atoms with Crippen LogP contribution in [0, 0.1) is 11.8 Å². The summed E-state index contributed by atoms with van der Waals surface area (Å²) >= 11 is 5.43. The first-order chi connectivity index (χ1) is 18.1. The van der Waals surface area contributed by atoms with Gasteiger partial charge in [-0.1, -0.05) is 36.4 Å². The molecule has 3 heterocycles. The summed E-state index contributed by atoms with van der Waals surface area (Å²) in [5.41, 5.74) is 1.54. The molecule has 1 N–H and O–H groups in total. The van der Waals surface area contributed by atoms with Gasteiger partial charge in [0.1, 0.15) is 10.7 Å². The van der Waals surface area contributed by atoms with E-state index >= 15 is 0 Å². The summed E-state index contributed by atoms with van der Waals surface area (Å²) in [7, 11) is 3.10. The minimum atomic E-state index is -1.09. The number of aliphatic hydroxyl groups is 1. The lowest BCUT2D eigenvalue weighted by Gasteiger charge is -2.41. The predicted octanol–water partition coefficient (Wildman–Crippen LogP) is 5.89. The first kappa shape index (κ1) is 26.3. The third kappa shape index (κ3) is 5.19. The van der Waals surface area contributed by atoms with Crippen LogP contribution in [0.2, 0.25) is 0 Å². The fourth-order valence-electron chi connectivity index (χ4n) is 4.95. The average Bonchev–Trinajstić information content (AvgIpc) is 3.63. The summed E-state index contributed by atoms with van der Waals surface area (Å²) in [6, 6.07) is 17.5. The number of methoxy groups -OCH3 is 2. The van der Waals surface area contributed by atoms with Crippen molar-refractivity contribution in [2.75, 3.05) is 32.3 Å². The van der Waals surface area contributed by atoms with Gasteiger partial charge in [0.25, 0.3) is 0 Å². The van der Waals surface area contributed by atoms with Gasteiger partial charge < -0.3 is 24.1 Å². The third-order valence-corrected chi connectivity index (χ3v) is 11.6. The van der Waals surface area contributed by atoms with Gasteiger partial charge in [0.2, 0.25) is 5.75 Å². The number of benzene rings is 2. The van der Waals surface area contributed by atoms with Crippen molar-refractivity contribution in [1.29, 1.82) is 0 Å². The van der Waals surface area contributed by atoms with Crippen molar-refractivity contribution in [3.8, 4) is 17.2 Å². The van der Waals surface area contributed by atoms with Crippen LogP contribution in [0.25, 0.3) is 0 Å². The number of esters is 1. The third-order valence-electron chi connectivity index (χ3n) is 6.78. The molecule has 1 aromatic heterocycles. The molecule has 3 aromatic rings. The number of carbonyl (C=O) groups excluding carboxylic acids is 1. The van der Waals surface area contributed by atoms with Crippen molar-refractivity contribution >= 4 is 40.8 Å². The second-order valence-electron chi connectivity index (χ2n) is 8.93. The SMILES string of the molecule is COc1cc([C@H](O)[C@@H]2C(=O)OC[C@H]2C2(c3cccs3)SCCCS2)cc(OC)c1OCc1ccccc1. The van der Waals surface area contributed by atoms with E-state index in [9.17, 15) is 9.90 Å². The van der Waals surface area contributed by atoms with Gasteiger partial charge in [0, 0.05) is 10.8 Å². The summed E-state index contributed by atoms with van der Waals surface area (Å²) in [4.78, 5) is 14.3. The molecule has 0 unspecified atom stereocenters. The predicted molar refractivity (Wildman–Crippen MR) is 149 cm³/mol. The lowest BCUT2D eigenvalue weighted by atomic mass is 9.83. The Kier molecular flexibility index (Phi) is 8.24. The summed E-state index contributed by atoms with van der Waals surface area (Å²) in [6.45, 7) is 0.620. The van der Waals surface area contributed by atoms with Gasteiger partial charge >= 0.3 is 5.97 Å². The number of cyclic esters (lactones) is 1. The fourth-order valence-corrected chi connectivity index (χ4v) is 9.84. The molecular weight excluding hydrogens is 529 g/mol. The van der Waals surface area contributed by atoms with Crippen molar-refractivity contribution in [3.63, 3.8) is 0 Å². The van der Waals surface area contributed by atoms with Crippen LogP contribution in [-0.4, -0.2) is 43.4 Å². The van der Waals surface area contributed by atoms with Gasteiger partial charge in [0.05, 0.1) is 32.8 Å². The second kappa shape index (κ2) is 11.6. The molecule has 6 nitrogen and oxygen atoms in total. The van der Waals surface area contributed by atoms with Crippen LogP contribution in [-0.2, 0) is 20.2 Å². The molecular formula is C28H30O6S3. The maximum Gasteiger partial charge on any atom is 0.312 e. The van der Waals surface area contributed by atoms with Crippen LogP contribution in [0.3, 0.4) is 0 Å². The van der Waals surface area contributed by atoms with Gasteiger partial charge in [-0.2, -0.15) is 0 Å². The Balaban J connectivity index is 1.47. The van der Waals surface area contributed by atoms with E-state index in [-0.39, 0.29) is 22.6 Å². The summed E-state index contributed by atoms with van der Waals surface area (Å²) < 4.78 is 22.6. The highest BCUT2D eigenvalue weighted by molar-refractivity contribution is 8.18. The highest BCUT2D eigenvalue weighted by Gasteiger charge is 2.55. The first-order valence-electron chi connectivity index (χ1n) is 12.2. The Morgan fingerprint density at radius 1 is 1.05 bits per heavy atom. The highest BCUT2D eigenvalue weighted by atomic mass is 32.2. The first-order valence-corrected chi connectivity index (χ1v) is 15.0.